The lowest BCUT2D eigenvalue weighted by atomic mass is 9.95. The lowest BCUT2D eigenvalue weighted by Crippen LogP contribution is -2.60. The minimum atomic E-state index is -1.40. The maximum atomic E-state index is 13.7. The maximum Gasteiger partial charge on any atom is 0.408 e. The van der Waals surface area contributed by atoms with Crippen LogP contribution in [0.3, 0.4) is 0 Å². The smallest absolute Gasteiger partial charge is 0.408 e. The second kappa shape index (κ2) is 17.2. The fourth-order valence-electron chi connectivity index (χ4n) is 4.74. The second-order valence-electron chi connectivity index (χ2n) is 13.0. The Morgan fingerprint density at radius 3 is 1.77 bits per heavy atom. The van der Waals surface area contributed by atoms with Gasteiger partial charge in [0, 0.05) is 28.4 Å². The number of hydrogen-bond acceptors (Lipinski definition) is 9. The van der Waals surface area contributed by atoms with Crippen LogP contribution in [0.1, 0.15) is 56.9 Å². The average Bonchev–Trinajstić information content (AvgIpc) is 2.94. The van der Waals surface area contributed by atoms with Crippen LogP contribution in [0.5, 0.6) is 5.75 Å². The number of aliphatic carboxylic acids is 1. The normalized spacial score (nSPS) is 14.1. The van der Waals surface area contributed by atoms with Gasteiger partial charge in [0.05, 0.1) is 0 Å². The van der Waals surface area contributed by atoms with Gasteiger partial charge in [0.1, 0.15) is 35.5 Å². The largest absolute Gasteiger partial charge is 0.508 e. The highest BCUT2D eigenvalue weighted by atomic mass is 35.5. The molecule has 2 aromatic carbocycles. The monoisotopic (exact) mass is 724 g/mol. The molecule has 0 aliphatic heterocycles. The molecule has 0 heterocycles. The van der Waals surface area contributed by atoms with E-state index >= 15 is 0 Å². The summed E-state index contributed by atoms with van der Waals surface area (Å²) in [4.78, 5) is 65.4. The number of phenolic OH excluding ortho intramolecular Hbond substituents is 1. The molecule has 6 N–H and O–H groups in total. The number of aromatic hydroxyl groups is 1. The fourth-order valence-corrected chi connectivity index (χ4v) is 5.30. The Hall–Kier alpha value is -3.62. The highest BCUT2D eigenvalue weighted by Crippen LogP contribution is 2.23. The third-order valence-electron chi connectivity index (χ3n) is 7.14. The number of halogens is 1. The van der Waals surface area contributed by atoms with Crippen molar-refractivity contribution in [3.05, 3.63) is 63.7 Å². The topological polar surface area (TPSA) is 183 Å². The number of carbonyl (C=O) groups is 5. The molecular weight excluding hydrogens is 680 g/mol. The van der Waals surface area contributed by atoms with Gasteiger partial charge in [0.2, 0.25) is 17.7 Å². The third kappa shape index (κ3) is 12.8. The molecule has 0 unspecified atom stereocenters. The van der Waals surface area contributed by atoms with Gasteiger partial charge >= 0.3 is 12.1 Å². The summed E-state index contributed by atoms with van der Waals surface area (Å²) in [5, 5.41) is 30.4. The summed E-state index contributed by atoms with van der Waals surface area (Å²) in [6.45, 7) is 11.6. The van der Waals surface area contributed by atoms with Gasteiger partial charge in [-0.05, 0) is 95.0 Å². The number of rotatable bonds is 14. The zero-order valence-corrected chi connectivity index (χ0v) is 30.6. The van der Waals surface area contributed by atoms with Crippen LogP contribution in [0, 0.1) is 13.8 Å². The van der Waals surface area contributed by atoms with E-state index in [0.29, 0.717) is 27.3 Å². The van der Waals surface area contributed by atoms with Gasteiger partial charge in [-0.3, -0.25) is 14.4 Å². The van der Waals surface area contributed by atoms with E-state index < -0.39 is 64.3 Å². The van der Waals surface area contributed by atoms with E-state index in [4.69, 9.17) is 16.3 Å². The standard InChI is InChI=1S/C33H45ClN4O8S2/c1-17-12-21(39)13-18(2)22(17)15-24(37-31(45)46-32(3,4)5)27(40)36-25(16-47)29(42)35-23(14-19-8-10-20(34)11-9-19)28(41)38-26(30(43)44)33(6,7)48/h8-13,23-26,39,47-48H,14-16H2,1-7H3,(H,35,42)(H,36,40)(H,37,45)(H,38,41)(H,43,44)/t23-,24-,25+,26-/m0/s1. The van der Waals surface area contributed by atoms with E-state index in [1.54, 1.807) is 58.9 Å². The number of alkyl carbamates (subject to hydrolysis) is 1. The minimum absolute atomic E-state index is 0.00161. The first-order chi connectivity index (χ1) is 22.1. The average molecular weight is 725 g/mol. The van der Waals surface area contributed by atoms with Gasteiger partial charge < -0.3 is 36.2 Å². The van der Waals surface area contributed by atoms with Crippen LogP contribution in [0.25, 0.3) is 0 Å². The Morgan fingerprint density at radius 2 is 1.29 bits per heavy atom. The Morgan fingerprint density at radius 1 is 0.812 bits per heavy atom. The van der Waals surface area contributed by atoms with Gasteiger partial charge in [-0.1, -0.05) is 23.7 Å². The van der Waals surface area contributed by atoms with E-state index in [1.165, 1.54) is 26.0 Å². The molecule has 0 spiro atoms. The molecule has 2 aromatic rings. The van der Waals surface area contributed by atoms with E-state index in [1.807, 2.05) is 0 Å². The third-order valence-corrected chi connectivity index (χ3v) is 8.01. The molecule has 0 bridgehead atoms. The van der Waals surface area contributed by atoms with Crippen molar-refractivity contribution in [1.29, 1.82) is 0 Å². The molecule has 0 fully saturated rings. The van der Waals surface area contributed by atoms with E-state index in [0.717, 1.165) is 0 Å². The summed E-state index contributed by atoms with van der Waals surface area (Å²) in [5.74, 6) is -3.76. The van der Waals surface area contributed by atoms with Crippen LogP contribution in [-0.2, 0) is 36.8 Å². The minimum Gasteiger partial charge on any atom is -0.508 e. The predicted molar refractivity (Wildman–Crippen MR) is 190 cm³/mol. The number of aryl methyl sites for hydroxylation is 2. The van der Waals surface area contributed by atoms with E-state index in [2.05, 4.69) is 46.5 Å². The Balaban J connectivity index is 2.36. The number of carboxylic acids is 1. The lowest BCUT2D eigenvalue weighted by Gasteiger charge is -2.30. The Labute approximate surface area is 296 Å². The van der Waals surface area contributed by atoms with Crippen molar-refractivity contribution in [1.82, 2.24) is 21.3 Å². The van der Waals surface area contributed by atoms with Crippen molar-refractivity contribution in [2.24, 2.45) is 0 Å². The highest BCUT2D eigenvalue weighted by Gasteiger charge is 2.37. The number of ether oxygens (including phenoxy) is 1. The molecule has 0 aromatic heterocycles. The molecule has 0 saturated heterocycles. The van der Waals surface area contributed by atoms with Crippen LogP contribution in [-0.4, -0.2) is 80.3 Å². The summed E-state index contributed by atoms with van der Waals surface area (Å²) < 4.78 is 4.21. The fraction of sp³-hybridized carbons (Fsp3) is 0.485. The first-order valence-electron chi connectivity index (χ1n) is 15.1. The number of amides is 4. The molecule has 4 amide bonds. The molecule has 0 aliphatic rings. The van der Waals surface area contributed by atoms with Crippen LogP contribution >= 0.6 is 36.9 Å². The zero-order valence-electron chi connectivity index (χ0n) is 28.0. The van der Waals surface area contributed by atoms with Crippen LogP contribution in [0.15, 0.2) is 36.4 Å². The number of phenols is 1. The molecule has 0 saturated carbocycles. The predicted octanol–water partition coefficient (Wildman–Crippen LogP) is 3.52. The van der Waals surface area contributed by atoms with Crippen molar-refractivity contribution < 1.29 is 38.9 Å². The first kappa shape index (κ1) is 40.6. The first-order valence-corrected chi connectivity index (χ1v) is 16.6. The molecule has 48 heavy (non-hydrogen) atoms. The molecule has 15 heteroatoms. The number of carboxylic acid groups (broad SMARTS) is 1. The Kier molecular flexibility index (Phi) is 14.5. The highest BCUT2D eigenvalue weighted by molar-refractivity contribution is 7.81. The lowest BCUT2D eigenvalue weighted by molar-refractivity contribution is -0.143. The number of thiol groups is 2. The summed E-state index contributed by atoms with van der Waals surface area (Å²) in [7, 11) is 0. The van der Waals surface area contributed by atoms with E-state index in [9.17, 15) is 34.2 Å². The molecule has 0 aliphatic carbocycles. The molecule has 2 rings (SSSR count). The quantitative estimate of drug-likeness (QED) is 0.136. The molecule has 0 radical (unpaired) electrons. The number of nitrogens with one attached hydrogen (secondary N) is 4. The number of hydrogen-bond donors (Lipinski definition) is 8. The Bertz CT molecular complexity index is 1470. The zero-order chi connectivity index (χ0) is 36.6. The summed E-state index contributed by atoms with van der Waals surface area (Å²) in [6.07, 6.45) is -0.894. The molecule has 264 valence electrons. The van der Waals surface area contributed by atoms with Crippen molar-refractivity contribution in [2.45, 2.75) is 95.8 Å². The van der Waals surface area contributed by atoms with Crippen molar-refractivity contribution in [2.75, 3.05) is 5.75 Å². The molecular formula is C33H45ClN4O8S2. The number of benzene rings is 2. The van der Waals surface area contributed by atoms with Crippen molar-refractivity contribution in [3.63, 3.8) is 0 Å². The SMILES string of the molecule is Cc1cc(O)cc(C)c1C[C@H](NC(=O)OC(C)(C)C)C(=O)N[C@H](CS)C(=O)N[C@@H](Cc1ccc(Cl)cc1)C(=O)N[C@@H](C(=O)O)C(C)(C)S. The van der Waals surface area contributed by atoms with Gasteiger partial charge in [0.15, 0.2) is 0 Å². The van der Waals surface area contributed by atoms with Crippen LogP contribution in [0.4, 0.5) is 4.79 Å². The molecule has 12 nitrogen and oxygen atoms in total. The summed E-state index contributed by atoms with van der Waals surface area (Å²) in [6, 6.07) is 4.44. The van der Waals surface area contributed by atoms with Crippen molar-refractivity contribution in [3.8, 4) is 5.75 Å². The van der Waals surface area contributed by atoms with Gasteiger partial charge in [-0.2, -0.15) is 25.3 Å². The van der Waals surface area contributed by atoms with Gasteiger partial charge in [-0.25, -0.2) is 9.59 Å². The maximum absolute atomic E-state index is 13.7. The molecule has 4 atom stereocenters. The second-order valence-corrected chi connectivity index (χ2v) is 15.0. The van der Waals surface area contributed by atoms with Gasteiger partial charge in [0.25, 0.3) is 0 Å². The summed E-state index contributed by atoms with van der Waals surface area (Å²) >= 11 is 14.6. The summed E-state index contributed by atoms with van der Waals surface area (Å²) in [5.41, 5.74) is 1.81. The van der Waals surface area contributed by atoms with E-state index in [-0.39, 0.29) is 24.3 Å². The van der Waals surface area contributed by atoms with Gasteiger partial charge in [-0.15, -0.1) is 0 Å². The van der Waals surface area contributed by atoms with Crippen LogP contribution < -0.4 is 21.3 Å². The van der Waals surface area contributed by atoms with Crippen LogP contribution in [0.2, 0.25) is 5.02 Å². The number of carbonyl (C=O) groups excluding carboxylic acids is 4. The van der Waals surface area contributed by atoms with Crippen molar-refractivity contribution >= 4 is 66.6 Å².